The minimum absolute atomic E-state index is 0.484. The lowest BCUT2D eigenvalue weighted by Crippen LogP contribution is -2.08. The van der Waals surface area contributed by atoms with E-state index in [1.54, 1.807) is 0 Å². The first kappa shape index (κ1) is 13.5. The van der Waals surface area contributed by atoms with E-state index in [1.807, 2.05) is 23.9 Å². The molecule has 1 fully saturated rings. The van der Waals surface area contributed by atoms with Gasteiger partial charge in [0.15, 0.2) is 0 Å². The summed E-state index contributed by atoms with van der Waals surface area (Å²) in [6.07, 6.45) is 5.31. The Kier molecular flexibility index (Phi) is 4.75. The Balaban J connectivity index is 2.00. The minimum atomic E-state index is 0.484. The lowest BCUT2D eigenvalue weighted by atomic mass is 10.2. The van der Waals surface area contributed by atoms with Gasteiger partial charge >= 0.3 is 0 Å². The smallest absolute Gasteiger partial charge is 0.238 e. The zero-order chi connectivity index (χ0) is 13.0. The van der Waals surface area contributed by atoms with Crippen LogP contribution in [0.15, 0.2) is 17.2 Å². The van der Waals surface area contributed by atoms with Crippen molar-refractivity contribution >= 4 is 17.4 Å². The van der Waals surface area contributed by atoms with Crippen molar-refractivity contribution < 1.29 is 4.74 Å². The summed E-state index contributed by atoms with van der Waals surface area (Å²) in [6.45, 7) is 4.90. The van der Waals surface area contributed by atoms with Crippen LogP contribution in [0.1, 0.15) is 39.5 Å². The predicted molar refractivity (Wildman–Crippen MR) is 77.1 cm³/mol. The van der Waals surface area contributed by atoms with Crippen LogP contribution in [-0.4, -0.2) is 16.8 Å². The molecule has 100 valence electrons. The number of aromatic nitrogens is 1. The van der Waals surface area contributed by atoms with Gasteiger partial charge in [0.05, 0.1) is 12.3 Å². The summed E-state index contributed by atoms with van der Waals surface area (Å²) >= 11 is 1.86. The van der Waals surface area contributed by atoms with Crippen molar-refractivity contribution in [1.29, 1.82) is 0 Å². The molecular formula is C14H22N2OS. The van der Waals surface area contributed by atoms with Gasteiger partial charge in [0.25, 0.3) is 0 Å². The molecule has 0 bridgehead atoms. The lowest BCUT2D eigenvalue weighted by molar-refractivity contribution is 0.261. The Morgan fingerprint density at radius 2 is 2.11 bits per heavy atom. The van der Waals surface area contributed by atoms with Crippen molar-refractivity contribution in [2.24, 2.45) is 5.92 Å². The molecule has 1 aliphatic rings. The van der Waals surface area contributed by atoms with Crippen LogP contribution in [0.5, 0.6) is 5.88 Å². The van der Waals surface area contributed by atoms with Crippen molar-refractivity contribution in [2.45, 2.75) is 49.8 Å². The number of hydrogen-bond acceptors (Lipinski definition) is 4. The number of ether oxygens (including phenoxy) is 1. The van der Waals surface area contributed by atoms with Gasteiger partial charge in [-0.25, -0.2) is 4.98 Å². The normalized spacial score (nSPS) is 16.4. The summed E-state index contributed by atoms with van der Waals surface area (Å²) in [4.78, 5) is 4.52. The van der Waals surface area contributed by atoms with Gasteiger partial charge in [-0.15, -0.1) is 11.8 Å². The molecule has 2 rings (SSSR count). The fourth-order valence-electron chi connectivity index (χ4n) is 2.04. The maximum atomic E-state index is 5.89. The van der Waals surface area contributed by atoms with Gasteiger partial charge in [0.1, 0.15) is 5.03 Å². The second-order valence-electron chi connectivity index (χ2n) is 5.27. The number of anilines is 1. The summed E-state index contributed by atoms with van der Waals surface area (Å²) in [5.41, 5.74) is 6.52. The highest BCUT2D eigenvalue weighted by molar-refractivity contribution is 7.99. The molecule has 1 saturated carbocycles. The quantitative estimate of drug-likeness (QED) is 0.882. The summed E-state index contributed by atoms with van der Waals surface area (Å²) in [6, 6.07) is 3.90. The summed E-state index contributed by atoms with van der Waals surface area (Å²) in [5, 5.41) is 1.76. The summed E-state index contributed by atoms with van der Waals surface area (Å²) in [7, 11) is 0. The molecule has 2 N–H and O–H groups in total. The second kappa shape index (κ2) is 6.32. The van der Waals surface area contributed by atoms with Crippen LogP contribution < -0.4 is 10.5 Å². The average molecular weight is 266 g/mol. The van der Waals surface area contributed by atoms with Crippen LogP contribution in [0.25, 0.3) is 0 Å². The van der Waals surface area contributed by atoms with Crippen LogP contribution in [0.4, 0.5) is 5.69 Å². The highest BCUT2D eigenvalue weighted by Gasteiger charge is 2.17. The van der Waals surface area contributed by atoms with E-state index in [9.17, 15) is 0 Å². The largest absolute Gasteiger partial charge is 0.476 e. The van der Waals surface area contributed by atoms with Gasteiger partial charge in [-0.3, -0.25) is 0 Å². The zero-order valence-corrected chi connectivity index (χ0v) is 12.0. The molecule has 18 heavy (non-hydrogen) atoms. The standard InChI is InChI=1S/C14H22N2OS/c1-10(2)9-17-14-12(15)7-8-13(16-14)18-11-5-3-4-6-11/h7-8,10-11H,3-6,9,15H2,1-2H3. The molecule has 1 aromatic rings. The maximum absolute atomic E-state index is 5.89. The first-order valence-corrected chi connectivity index (χ1v) is 7.59. The first-order valence-electron chi connectivity index (χ1n) is 6.71. The van der Waals surface area contributed by atoms with E-state index in [0.29, 0.717) is 24.1 Å². The number of nitrogen functional groups attached to an aromatic ring is 1. The minimum Gasteiger partial charge on any atom is -0.476 e. The lowest BCUT2D eigenvalue weighted by Gasteiger charge is -2.12. The van der Waals surface area contributed by atoms with Crippen LogP contribution in [0.3, 0.4) is 0 Å². The molecule has 4 heteroatoms. The summed E-state index contributed by atoms with van der Waals surface area (Å²) < 4.78 is 5.65. The van der Waals surface area contributed by atoms with Crippen molar-refractivity contribution in [3.63, 3.8) is 0 Å². The predicted octanol–water partition coefficient (Wildman–Crippen LogP) is 3.73. The van der Waals surface area contributed by atoms with Crippen LogP contribution >= 0.6 is 11.8 Å². The van der Waals surface area contributed by atoms with Gasteiger partial charge in [-0.1, -0.05) is 26.7 Å². The van der Waals surface area contributed by atoms with Crippen molar-refractivity contribution in [3.8, 4) is 5.88 Å². The third kappa shape index (κ3) is 3.80. The van der Waals surface area contributed by atoms with Gasteiger partial charge in [-0.2, -0.15) is 0 Å². The third-order valence-corrected chi connectivity index (χ3v) is 4.28. The Morgan fingerprint density at radius 1 is 1.39 bits per heavy atom. The van der Waals surface area contributed by atoms with E-state index < -0.39 is 0 Å². The molecular weight excluding hydrogens is 244 g/mol. The molecule has 0 atom stereocenters. The Bertz CT molecular complexity index is 389. The number of nitrogens with zero attached hydrogens (tertiary/aromatic N) is 1. The fourth-order valence-corrected chi connectivity index (χ4v) is 3.23. The summed E-state index contributed by atoms with van der Waals surface area (Å²) in [5.74, 6) is 1.07. The SMILES string of the molecule is CC(C)COc1nc(SC2CCCC2)ccc1N. The Morgan fingerprint density at radius 3 is 2.78 bits per heavy atom. The molecule has 0 amide bonds. The topological polar surface area (TPSA) is 48.1 Å². The number of rotatable bonds is 5. The van der Waals surface area contributed by atoms with E-state index in [-0.39, 0.29) is 0 Å². The molecule has 0 unspecified atom stereocenters. The van der Waals surface area contributed by atoms with E-state index in [1.165, 1.54) is 25.7 Å². The highest BCUT2D eigenvalue weighted by atomic mass is 32.2. The second-order valence-corrected chi connectivity index (χ2v) is 6.59. The molecule has 0 spiro atoms. The van der Waals surface area contributed by atoms with E-state index >= 15 is 0 Å². The first-order chi connectivity index (χ1) is 8.65. The highest BCUT2D eigenvalue weighted by Crippen LogP contribution is 2.35. The molecule has 0 radical (unpaired) electrons. The number of nitrogens with two attached hydrogens (primary N) is 1. The van der Waals surface area contributed by atoms with Gasteiger partial charge in [0.2, 0.25) is 5.88 Å². The van der Waals surface area contributed by atoms with E-state index in [4.69, 9.17) is 10.5 Å². The molecule has 1 aliphatic carbocycles. The van der Waals surface area contributed by atoms with Crippen molar-refractivity contribution in [2.75, 3.05) is 12.3 Å². The van der Waals surface area contributed by atoms with Crippen molar-refractivity contribution in [1.82, 2.24) is 4.98 Å². The van der Waals surface area contributed by atoms with Crippen LogP contribution in [0, 0.1) is 5.92 Å². The Labute approximate surface area is 114 Å². The fraction of sp³-hybridized carbons (Fsp3) is 0.643. The molecule has 0 aromatic carbocycles. The van der Waals surface area contributed by atoms with Gasteiger partial charge in [-0.05, 0) is 30.9 Å². The molecule has 1 aromatic heterocycles. The molecule has 0 aliphatic heterocycles. The number of hydrogen-bond donors (Lipinski definition) is 1. The van der Waals surface area contributed by atoms with Crippen molar-refractivity contribution in [3.05, 3.63) is 12.1 Å². The number of pyridine rings is 1. The molecule has 1 heterocycles. The third-order valence-electron chi connectivity index (χ3n) is 3.01. The number of thioether (sulfide) groups is 1. The zero-order valence-electron chi connectivity index (χ0n) is 11.2. The van der Waals surface area contributed by atoms with Crippen LogP contribution in [-0.2, 0) is 0 Å². The van der Waals surface area contributed by atoms with E-state index in [2.05, 4.69) is 18.8 Å². The average Bonchev–Trinajstić information content (AvgIpc) is 2.82. The Hall–Kier alpha value is -0.900. The molecule has 3 nitrogen and oxygen atoms in total. The monoisotopic (exact) mass is 266 g/mol. The molecule has 0 saturated heterocycles. The van der Waals surface area contributed by atoms with E-state index in [0.717, 1.165) is 10.3 Å². The van der Waals surface area contributed by atoms with Gasteiger partial charge < -0.3 is 10.5 Å². The van der Waals surface area contributed by atoms with Gasteiger partial charge in [0, 0.05) is 5.25 Å². The maximum Gasteiger partial charge on any atom is 0.238 e. The van der Waals surface area contributed by atoms with Crippen LogP contribution in [0.2, 0.25) is 0 Å².